The second-order valence-electron chi connectivity index (χ2n) is 6.44. The van der Waals surface area contributed by atoms with Crippen LogP contribution in [-0.4, -0.2) is 44.7 Å². The summed E-state index contributed by atoms with van der Waals surface area (Å²) < 4.78 is 11.9. The van der Waals surface area contributed by atoms with Crippen molar-refractivity contribution in [1.82, 2.24) is 25.0 Å². The van der Waals surface area contributed by atoms with Crippen LogP contribution >= 0.6 is 15.9 Å². The van der Waals surface area contributed by atoms with Gasteiger partial charge in [-0.2, -0.15) is 4.98 Å². The lowest BCUT2D eigenvalue weighted by Crippen LogP contribution is -2.37. The molecule has 3 heterocycles. The standard InChI is InChI=1S/C16H22BrN5O2/c1-11(2)15-20-14(24-21-15)9-22-5-3-4-12(8-22)10-23-16-18-6-13(17)7-19-16/h6-7,11-12H,3-5,8-10H2,1-2H3. The van der Waals surface area contributed by atoms with E-state index in [1.165, 1.54) is 0 Å². The van der Waals surface area contributed by atoms with Gasteiger partial charge in [0.25, 0.3) is 0 Å². The zero-order chi connectivity index (χ0) is 16.9. The monoisotopic (exact) mass is 395 g/mol. The fourth-order valence-electron chi connectivity index (χ4n) is 2.76. The van der Waals surface area contributed by atoms with Crippen LogP contribution in [0.1, 0.15) is 44.3 Å². The molecule has 0 aromatic carbocycles. The van der Waals surface area contributed by atoms with Crippen LogP contribution in [0.25, 0.3) is 0 Å². The second kappa shape index (κ2) is 8.02. The number of nitrogens with zero attached hydrogens (tertiary/aromatic N) is 5. The molecule has 1 saturated heterocycles. The number of rotatable bonds is 6. The molecule has 8 heteroatoms. The van der Waals surface area contributed by atoms with Crippen LogP contribution in [0.15, 0.2) is 21.4 Å². The summed E-state index contributed by atoms with van der Waals surface area (Å²) in [6, 6.07) is 0.425. The van der Waals surface area contributed by atoms with Gasteiger partial charge < -0.3 is 9.26 Å². The summed E-state index contributed by atoms with van der Waals surface area (Å²) in [5, 5.41) is 4.03. The Balaban J connectivity index is 1.49. The Kier molecular flexibility index (Phi) is 5.78. The molecule has 0 bridgehead atoms. The van der Waals surface area contributed by atoms with E-state index in [-0.39, 0.29) is 5.92 Å². The van der Waals surface area contributed by atoms with Crippen LogP contribution in [0.3, 0.4) is 0 Å². The molecule has 0 radical (unpaired) electrons. The normalized spacial score (nSPS) is 18.9. The Morgan fingerprint density at radius 3 is 2.88 bits per heavy atom. The average molecular weight is 396 g/mol. The van der Waals surface area contributed by atoms with Gasteiger partial charge >= 0.3 is 6.01 Å². The Morgan fingerprint density at radius 1 is 1.38 bits per heavy atom. The molecule has 1 fully saturated rings. The van der Waals surface area contributed by atoms with E-state index in [2.05, 4.69) is 54.8 Å². The maximum absolute atomic E-state index is 5.71. The summed E-state index contributed by atoms with van der Waals surface area (Å²) >= 11 is 3.32. The molecule has 0 spiro atoms. The first-order chi connectivity index (χ1) is 11.6. The molecule has 1 atom stereocenters. The number of ether oxygens (including phenoxy) is 1. The van der Waals surface area contributed by atoms with Gasteiger partial charge in [0.15, 0.2) is 5.82 Å². The van der Waals surface area contributed by atoms with Crippen molar-refractivity contribution in [2.24, 2.45) is 5.92 Å². The number of hydrogen-bond donors (Lipinski definition) is 0. The van der Waals surface area contributed by atoms with E-state index in [0.29, 0.717) is 31.0 Å². The van der Waals surface area contributed by atoms with Crippen molar-refractivity contribution in [3.8, 4) is 6.01 Å². The molecular weight excluding hydrogens is 374 g/mol. The highest BCUT2D eigenvalue weighted by molar-refractivity contribution is 9.10. The van der Waals surface area contributed by atoms with E-state index in [4.69, 9.17) is 9.26 Å². The molecule has 2 aromatic rings. The Morgan fingerprint density at radius 2 is 2.17 bits per heavy atom. The van der Waals surface area contributed by atoms with E-state index in [1.807, 2.05) is 0 Å². The smallest absolute Gasteiger partial charge is 0.316 e. The minimum absolute atomic E-state index is 0.288. The first-order valence-electron chi connectivity index (χ1n) is 8.25. The zero-order valence-electron chi connectivity index (χ0n) is 14.0. The molecule has 130 valence electrons. The maximum atomic E-state index is 5.71. The Labute approximate surface area is 149 Å². The number of halogens is 1. The van der Waals surface area contributed by atoms with Gasteiger partial charge in [-0.1, -0.05) is 19.0 Å². The van der Waals surface area contributed by atoms with Crippen molar-refractivity contribution in [2.75, 3.05) is 19.7 Å². The van der Waals surface area contributed by atoms with E-state index < -0.39 is 0 Å². The SMILES string of the molecule is CC(C)c1noc(CN2CCCC(COc3ncc(Br)cn3)C2)n1. The molecule has 1 aliphatic rings. The molecule has 0 aliphatic carbocycles. The van der Waals surface area contributed by atoms with Crippen LogP contribution in [0.2, 0.25) is 0 Å². The van der Waals surface area contributed by atoms with Crippen molar-refractivity contribution in [3.05, 3.63) is 28.6 Å². The molecule has 1 aliphatic heterocycles. The summed E-state index contributed by atoms with van der Waals surface area (Å²) in [7, 11) is 0. The highest BCUT2D eigenvalue weighted by Crippen LogP contribution is 2.20. The van der Waals surface area contributed by atoms with Gasteiger partial charge in [-0.25, -0.2) is 9.97 Å². The highest BCUT2D eigenvalue weighted by Gasteiger charge is 2.23. The lowest BCUT2D eigenvalue weighted by atomic mass is 9.99. The van der Waals surface area contributed by atoms with Gasteiger partial charge in [0, 0.05) is 30.8 Å². The van der Waals surface area contributed by atoms with Crippen molar-refractivity contribution in [2.45, 2.75) is 39.2 Å². The molecule has 0 N–H and O–H groups in total. The predicted molar refractivity (Wildman–Crippen MR) is 91.6 cm³/mol. The van der Waals surface area contributed by atoms with Crippen molar-refractivity contribution in [3.63, 3.8) is 0 Å². The predicted octanol–water partition coefficient (Wildman–Crippen LogP) is 3.04. The quantitative estimate of drug-likeness (QED) is 0.743. The maximum Gasteiger partial charge on any atom is 0.316 e. The van der Waals surface area contributed by atoms with Crippen LogP contribution in [0, 0.1) is 5.92 Å². The third-order valence-electron chi connectivity index (χ3n) is 4.01. The molecule has 7 nitrogen and oxygen atoms in total. The van der Waals surface area contributed by atoms with Gasteiger partial charge in [-0.05, 0) is 35.3 Å². The minimum Gasteiger partial charge on any atom is -0.463 e. The largest absolute Gasteiger partial charge is 0.463 e. The molecular formula is C16H22BrN5O2. The molecule has 0 saturated carbocycles. The van der Waals surface area contributed by atoms with Gasteiger partial charge in [-0.15, -0.1) is 0 Å². The average Bonchev–Trinajstić information content (AvgIpc) is 3.03. The number of piperidine rings is 1. The first kappa shape index (κ1) is 17.3. The number of hydrogen-bond acceptors (Lipinski definition) is 7. The van der Waals surface area contributed by atoms with Crippen LogP contribution in [0.4, 0.5) is 0 Å². The van der Waals surface area contributed by atoms with Gasteiger partial charge in [0.2, 0.25) is 5.89 Å². The molecule has 2 aromatic heterocycles. The number of likely N-dealkylation sites (tertiary alicyclic amines) is 1. The Hall–Kier alpha value is -1.54. The fraction of sp³-hybridized carbons (Fsp3) is 0.625. The van der Waals surface area contributed by atoms with Crippen LogP contribution in [-0.2, 0) is 6.54 Å². The van der Waals surface area contributed by atoms with E-state index >= 15 is 0 Å². The van der Waals surface area contributed by atoms with E-state index in [9.17, 15) is 0 Å². The number of aromatic nitrogens is 4. The summed E-state index contributed by atoms with van der Waals surface area (Å²) in [5.74, 6) is 2.21. The third kappa shape index (κ3) is 4.73. The summed E-state index contributed by atoms with van der Waals surface area (Å²) in [6.45, 7) is 7.45. The lowest BCUT2D eigenvalue weighted by molar-refractivity contribution is 0.111. The Bertz CT molecular complexity index is 646. The van der Waals surface area contributed by atoms with E-state index in [0.717, 1.165) is 36.2 Å². The second-order valence-corrected chi connectivity index (χ2v) is 7.35. The molecule has 1 unspecified atom stereocenters. The van der Waals surface area contributed by atoms with Crippen LogP contribution < -0.4 is 4.74 Å². The lowest BCUT2D eigenvalue weighted by Gasteiger charge is -2.31. The van der Waals surface area contributed by atoms with Crippen LogP contribution in [0.5, 0.6) is 6.01 Å². The zero-order valence-corrected chi connectivity index (χ0v) is 15.6. The van der Waals surface area contributed by atoms with Gasteiger partial charge in [0.05, 0.1) is 17.6 Å². The highest BCUT2D eigenvalue weighted by atomic mass is 79.9. The molecule has 0 amide bonds. The van der Waals surface area contributed by atoms with Gasteiger partial charge in [0.1, 0.15) is 0 Å². The van der Waals surface area contributed by atoms with E-state index in [1.54, 1.807) is 12.4 Å². The summed E-state index contributed by atoms with van der Waals surface area (Å²) in [6.07, 6.45) is 5.67. The van der Waals surface area contributed by atoms with Gasteiger partial charge in [-0.3, -0.25) is 4.90 Å². The summed E-state index contributed by atoms with van der Waals surface area (Å²) in [5.41, 5.74) is 0. The fourth-order valence-corrected chi connectivity index (χ4v) is 2.96. The van der Waals surface area contributed by atoms with Crippen molar-refractivity contribution in [1.29, 1.82) is 0 Å². The first-order valence-corrected chi connectivity index (χ1v) is 9.04. The van der Waals surface area contributed by atoms with Crippen molar-refractivity contribution >= 4 is 15.9 Å². The topological polar surface area (TPSA) is 77.2 Å². The molecule has 3 rings (SSSR count). The summed E-state index contributed by atoms with van der Waals surface area (Å²) in [4.78, 5) is 15.1. The van der Waals surface area contributed by atoms with Crippen molar-refractivity contribution < 1.29 is 9.26 Å². The molecule has 24 heavy (non-hydrogen) atoms. The third-order valence-corrected chi connectivity index (χ3v) is 4.42. The minimum atomic E-state index is 0.288.